The van der Waals surface area contributed by atoms with Gasteiger partial charge in [0.1, 0.15) is 4.88 Å². The summed E-state index contributed by atoms with van der Waals surface area (Å²) in [6, 6.07) is 0. The molecule has 7 heteroatoms. The van der Waals surface area contributed by atoms with E-state index in [0.717, 1.165) is 76.8 Å². The van der Waals surface area contributed by atoms with Crippen LogP contribution in [-0.2, 0) is 11.2 Å². The molecular formula is C19H30N4O2S. The minimum Gasteiger partial charge on any atom is -0.342 e. The van der Waals surface area contributed by atoms with Gasteiger partial charge in [-0.25, -0.2) is 0 Å². The molecule has 2 amide bonds. The van der Waals surface area contributed by atoms with Crippen LogP contribution in [0.15, 0.2) is 0 Å². The first kappa shape index (κ1) is 19.3. The topological polar surface area (TPSA) is 66.4 Å². The predicted octanol–water partition coefficient (Wildman–Crippen LogP) is 3.14. The van der Waals surface area contributed by atoms with Gasteiger partial charge in [-0.2, -0.15) is 0 Å². The van der Waals surface area contributed by atoms with E-state index in [9.17, 15) is 9.59 Å². The van der Waals surface area contributed by atoms with Crippen LogP contribution in [0.5, 0.6) is 0 Å². The average molecular weight is 379 g/mol. The van der Waals surface area contributed by atoms with Gasteiger partial charge in [0.05, 0.1) is 5.69 Å². The highest BCUT2D eigenvalue weighted by atomic mass is 32.1. The van der Waals surface area contributed by atoms with Crippen LogP contribution in [0.1, 0.15) is 74.2 Å². The van der Waals surface area contributed by atoms with Crippen LogP contribution in [0, 0.1) is 5.41 Å². The summed E-state index contributed by atoms with van der Waals surface area (Å²) in [5.41, 5.74) is 0.906. The molecule has 2 aliphatic rings. The van der Waals surface area contributed by atoms with E-state index in [-0.39, 0.29) is 17.2 Å². The Labute approximate surface area is 160 Å². The van der Waals surface area contributed by atoms with Crippen LogP contribution in [0.25, 0.3) is 0 Å². The summed E-state index contributed by atoms with van der Waals surface area (Å²) >= 11 is 1.22. The van der Waals surface area contributed by atoms with Gasteiger partial charge in [-0.3, -0.25) is 9.59 Å². The van der Waals surface area contributed by atoms with Crippen molar-refractivity contribution in [1.82, 2.24) is 19.4 Å². The number of hydrogen-bond acceptors (Lipinski definition) is 5. The molecule has 0 unspecified atom stereocenters. The smallest absolute Gasteiger partial charge is 0.267 e. The fraction of sp³-hybridized carbons (Fsp3) is 0.789. The van der Waals surface area contributed by atoms with Crippen LogP contribution in [0.3, 0.4) is 0 Å². The number of carbonyl (C=O) groups excluding carboxylic acids is 2. The number of aromatic nitrogens is 2. The highest BCUT2D eigenvalue weighted by Crippen LogP contribution is 2.39. The molecule has 3 rings (SSSR count). The first-order valence-electron chi connectivity index (χ1n) is 9.97. The largest absolute Gasteiger partial charge is 0.342 e. The lowest BCUT2D eigenvalue weighted by atomic mass is 9.73. The second-order valence-electron chi connectivity index (χ2n) is 7.80. The Morgan fingerprint density at radius 2 is 2.08 bits per heavy atom. The number of rotatable bonds is 6. The van der Waals surface area contributed by atoms with Crippen molar-refractivity contribution >= 4 is 23.3 Å². The fourth-order valence-electron chi connectivity index (χ4n) is 4.28. The maximum Gasteiger partial charge on any atom is 0.267 e. The second-order valence-corrected chi connectivity index (χ2v) is 8.55. The number of hydrogen-bond donors (Lipinski definition) is 0. The van der Waals surface area contributed by atoms with E-state index in [1.807, 2.05) is 9.80 Å². The quantitative estimate of drug-likeness (QED) is 0.763. The van der Waals surface area contributed by atoms with Gasteiger partial charge in [-0.15, -0.1) is 5.10 Å². The highest BCUT2D eigenvalue weighted by Gasteiger charge is 2.43. The van der Waals surface area contributed by atoms with Crippen LogP contribution in [-0.4, -0.2) is 57.4 Å². The molecule has 1 aromatic heterocycles. The Bertz CT molecular complexity index is 647. The standard InChI is InChI=1S/C19H30N4O2S/c1-3-5-11-22-13-19(10-8-16(22)24)9-6-12-23(14-19)18(25)17-15(7-4-2)20-21-26-17/h3-14H2,1-2H3/t19-/m1/s1. The molecule has 2 fully saturated rings. The number of nitrogens with zero attached hydrogens (tertiary/aromatic N) is 4. The van der Waals surface area contributed by atoms with Gasteiger partial charge in [-0.1, -0.05) is 31.2 Å². The zero-order valence-electron chi connectivity index (χ0n) is 16.0. The van der Waals surface area contributed by atoms with Crippen molar-refractivity contribution in [2.45, 2.75) is 65.2 Å². The Morgan fingerprint density at radius 1 is 1.23 bits per heavy atom. The van der Waals surface area contributed by atoms with E-state index in [4.69, 9.17) is 0 Å². The monoisotopic (exact) mass is 378 g/mol. The van der Waals surface area contributed by atoms with Gasteiger partial charge in [0.25, 0.3) is 5.91 Å². The summed E-state index contributed by atoms with van der Waals surface area (Å²) in [5, 5.41) is 4.15. The van der Waals surface area contributed by atoms with Crippen molar-refractivity contribution in [3.05, 3.63) is 10.6 Å². The van der Waals surface area contributed by atoms with Crippen molar-refractivity contribution in [2.24, 2.45) is 5.41 Å². The van der Waals surface area contributed by atoms with Gasteiger partial charge < -0.3 is 9.80 Å². The lowest BCUT2D eigenvalue weighted by Crippen LogP contribution is -2.55. The molecule has 144 valence electrons. The van der Waals surface area contributed by atoms with E-state index in [0.29, 0.717) is 11.3 Å². The SMILES string of the molecule is CCCCN1C[C@@]2(CCCN(C(=O)c3snnc3CCC)C2)CCC1=O. The molecule has 26 heavy (non-hydrogen) atoms. The lowest BCUT2D eigenvalue weighted by Gasteiger charge is -2.48. The van der Waals surface area contributed by atoms with Crippen molar-refractivity contribution in [1.29, 1.82) is 0 Å². The zero-order valence-corrected chi connectivity index (χ0v) is 16.8. The Balaban J connectivity index is 1.71. The van der Waals surface area contributed by atoms with Gasteiger partial charge >= 0.3 is 0 Å². The van der Waals surface area contributed by atoms with Crippen molar-refractivity contribution < 1.29 is 9.59 Å². The molecule has 0 bridgehead atoms. The third kappa shape index (κ3) is 4.08. The van der Waals surface area contributed by atoms with Gasteiger partial charge in [0.2, 0.25) is 5.91 Å². The maximum atomic E-state index is 13.1. The minimum atomic E-state index is 0.0681. The van der Waals surface area contributed by atoms with Gasteiger partial charge in [0.15, 0.2) is 0 Å². The predicted molar refractivity (Wildman–Crippen MR) is 102 cm³/mol. The first-order chi connectivity index (χ1) is 12.6. The lowest BCUT2D eigenvalue weighted by molar-refractivity contribution is -0.139. The van der Waals surface area contributed by atoms with Crippen molar-refractivity contribution in [3.8, 4) is 0 Å². The van der Waals surface area contributed by atoms with Crippen LogP contribution in [0.4, 0.5) is 0 Å². The van der Waals surface area contributed by atoms with Gasteiger partial charge in [-0.05, 0) is 43.6 Å². The van der Waals surface area contributed by atoms with Gasteiger partial charge in [0, 0.05) is 38.0 Å². The average Bonchev–Trinajstić information content (AvgIpc) is 3.11. The second kappa shape index (κ2) is 8.46. The van der Waals surface area contributed by atoms with E-state index in [1.54, 1.807) is 0 Å². The first-order valence-corrected chi connectivity index (χ1v) is 10.7. The van der Waals surface area contributed by atoms with Crippen molar-refractivity contribution in [2.75, 3.05) is 26.2 Å². The summed E-state index contributed by atoms with van der Waals surface area (Å²) in [7, 11) is 0. The summed E-state index contributed by atoms with van der Waals surface area (Å²) in [6.45, 7) is 7.45. The molecule has 0 radical (unpaired) electrons. The number of aryl methyl sites for hydroxylation is 1. The normalized spacial score (nSPS) is 23.7. The van der Waals surface area contributed by atoms with Crippen LogP contribution >= 0.6 is 11.5 Å². The maximum absolute atomic E-state index is 13.1. The molecule has 1 aromatic rings. The summed E-state index contributed by atoms with van der Waals surface area (Å²) in [6.07, 6.45) is 7.56. The molecule has 2 aliphatic heterocycles. The summed E-state index contributed by atoms with van der Waals surface area (Å²) in [5.74, 6) is 0.365. The van der Waals surface area contributed by atoms with E-state index in [2.05, 4.69) is 23.4 Å². The molecule has 0 aromatic carbocycles. The fourth-order valence-corrected chi connectivity index (χ4v) is 4.96. The highest BCUT2D eigenvalue weighted by molar-refractivity contribution is 7.08. The molecule has 3 heterocycles. The van der Waals surface area contributed by atoms with Crippen LogP contribution < -0.4 is 0 Å². The van der Waals surface area contributed by atoms with Crippen LogP contribution in [0.2, 0.25) is 0 Å². The molecule has 1 atom stereocenters. The number of likely N-dealkylation sites (tertiary alicyclic amines) is 2. The zero-order chi connectivity index (χ0) is 18.6. The number of unbranched alkanes of at least 4 members (excludes halogenated alkanes) is 1. The number of carbonyl (C=O) groups is 2. The summed E-state index contributed by atoms with van der Waals surface area (Å²) in [4.78, 5) is 30.1. The number of piperidine rings is 2. The minimum absolute atomic E-state index is 0.0681. The van der Waals surface area contributed by atoms with E-state index in [1.165, 1.54) is 11.5 Å². The molecule has 6 nitrogen and oxygen atoms in total. The molecule has 2 saturated heterocycles. The Kier molecular flexibility index (Phi) is 6.27. The molecule has 0 saturated carbocycles. The Morgan fingerprint density at radius 3 is 2.85 bits per heavy atom. The third-order valence-corrected chi connectivity index (χ3v) is 6.47. The van der Waals surface area contributed by atoms with Crippen molar-refractivity contribution in [3.63, 3.8) is 0 Å². The third-order valence-electron chi connectivity index (χ3n) is 5.72. The van der Waals surface area contributed by atoms with E-state index >= 15 is 0 Å². The molecule has 1 spiro atoms. The molecular weight excluding hydrogens is 348 g/mol. The molecule has 0 aliphatic carbocycles. The molecule has 0 N–H and O–H groups in total. The number of amides is 2. The summed E-state index contributed by atoms with van der Waals surface area (Å²) < 4.78 is 4.01. The Hall–Kier alpha value is -1.50. The van der Waals surface area contributed by atoms with E-state index < -0.39 is 0 Å².